The highest BCUT2D eigenvalue weighted by molar-refractivity contribution is 4.75. The van der Waals surface area contributed by atoms with Crippen molar-refractivity contribution in [3.8, 4) is 0 Å². The highest BCUT2D eigenvalue weighted by atomic mass is 15.2. The molecule has 3 N–H and O–H groups in total. The maximum Gasteiger partial charge on any atom is 0.0213 e. The van der Waals surface area contributed by atoms with Crippen LogP contribution >= 0.6 is 0 Å². The van der Waals surface area contributed by atoms with E-state index in [1.54, 1.807) is 0 Å². The smallest absolute Gasteiger partial charge is 0.0213 e. The maximum atomic E-state index is 5.25. The fourth-order valence-electron chi connectivity index (χ4n) is 1.36. The molecule has 2 nitrogen and oxygen atoms in total. The topological polar surface area (TPSA) is 38.0 Å². The lowest BCUT2D eigenvalue weighted by Crippen LogP contribution is -2.32. The minimum absolute atomic E-state index is 0.602. The lowest BCUT2D eigenvalue weighted by molar-refractivity contribution is 0.517. The number of hydrazine groups is 1. The second-order valence-corrected chi connectivity index (χ2v) is 2.78. The van der Waals surface area contributed by atoms with E-state index in [2.05, 4.69) is 12.3 Å². The molecule has 0 heterocycles. The molecule has 0 aromatic carbocycles. The van der Waals surface area contributed by atoms with E-state index in [0.29, 0.717) is 6.04 Å². The van der Waals surface area contributed by atoms with Gasteiger partial charge in [0.15, 0.2) is 0 Å². The Morgan fingerprint density at radius 1 is 1.50 bits per heavy atom. The number of nitrogens with two attached hydrogens (primary N) is 1. The Morgan fingerprint density at radius 3 is 2.50 bits per heavy atom. The fraction of sp³-hybridized carbons (Fsp3) is 1.00. The molecule has 48 valence electrons. The van der Waals surface area contributed by atoms with E-state index < -0.39 is 0 Å². The first kappa shape index (κ1) is 6.05. The molecule has 0 bridgehead atoms. The van der Waals surface area contributed by atoms with Crippen molar-refractivity contribution in [1.82, 2.24) is 5.43 Å². The normalized spacial score (nSPS) is 38.2. The van der Waals surface area contributed by atoms with Crippen LogP contribution in [0.1, 0.15) is 26.2 Å². The van der Waals surface area contributed by atoms with Crippen molar-refractivity contribution in [2.24, 2.45) is 11.8 Å². The van der Waals surface area contributed by atoms with Crippen LogP contribution in [-0.4, -0.2) is 6.04 Å². The molecule has 2 atom stereocenters. The van der Waals surface area contributed by atoms with E-state index in [-0.39, 0.29) is 0 Å². The summed E-state index contributed by atoms with van der Waals surface area (Å²) in [7, 11) is 0. The zero-order chi connectivity index (χ0) is 5.98. The summed E-state index contributed by atoms with van der Waals surface area (Å²) in [5.74, 6) is 6.13. The molecule has 0 aromatic rings. The van der Waals surface area contributed by atoms with Gasteiger partial charge in [-0.25, -0.2) is 0 Å². The van der Waals surface area contributed by atoms with Crippen LogP contribution < -0.4 is 11.3 Å². The summed E-state index contributed by atoms with van der Waals surface area (Å²) in [6.07, 6.45) is 3.86. The predicted molar refractivity (Wildman–Crippen MR) is 34.1 cm³/mol. The SMILES string of the molecule is C[C@@H]1CCC(NN)C1. The van der Waals surface area contributed by atoms with E-state index in [9.17, 15) is 0 Å². The van der Waals surface area contributed by atoms with Gasteiger partial charge in [0.2, 0.25) is 0 Å². The number of rotatable bonds is 1. The second-order valence-electron chi connectivity index (χ2n) is 2.78. The van der Waals surface area contributed by atoms with Gasteiger partial charge in [0.1, 0.15) is 0 Å². The first-order valence-corrected chi connectivity index (χ1v) is 3.29. The highest BCUT2D eigenvalue weighted by Gasteiger charge is 2.18. The van der Waals surface area contributed by atoms with Gasteiger partial charge >= 0.3 is 0 Å². The molecule has 0 saturated heterocycles. The average Bonchev–Trinajstić information content (AvgIpc) is 2.14. The molecule has 0 radical (unpaired) electrons. The van der Waals surface area contributed by atoms with Gasteiger partial charge in [-0.3, -0.25) is 11.3 Å². The minimum Gasteiger partial charge on any atom is -0.271 e. The third-order valence-electron chi connectivity index (χ3n) is 1.93. The molecular weight excluding hydrogens is 100 g/mol. The van der Waals surface area contributed by atoms with E-state index in [1.165, 1.54) is 19.3 Å². The summed E-state index contributed by atoms with van der Waals surface area (Å²) in [5, 5.41) is 0. The van der Waals surface area contributed by atoms with Gasteiger partial charge in [0.05, 0.1) is 0 Å². The number of hydrogen-bond donors (Lipinski definition) is 2. The Labute approximate surface area is 50.4 Å². The third kappa shape index (κ3) is 1.20. The fourth-order valence-corrected chi connectivity index (χ4v) is 1.36. The van der Waals surface area contributed by atoms with Gasteiger partial charge in [-0.15, -0.1) is 0 Å². The van der Waals surface area contributed by atoms with E-state index in [4.69, 9.17) is 5.84 Å². The monoisotopic (exact) mass is 114 g/mol. The molecule has 0 aliphatic heterocycles. The molecule has 1 unspecified atom stereocenters. The molecule has 8 heavy (non-hydrogen) atoms. The zero-order valence-corrected chi connectivity index (χ0v) is 5.35. The zero-order valence-electron chi connectivity index (χ0n) is 5.35. The molecule has 1 saturated carbocycles. The largest absolute Gasteiger partial charge is 0.271 e. The third-order valence-corrected chi connectivity index (χ3v) is 1.93. The van der Waals surface area contributed by atoms with Crippen molar-refractivity contribution < 1.29 is 0 Å². The van der Waals surface area contributed by atoms with Crippen LogP contribution in [0.4, 0.5) is 0 Å². The minimum atomic E-state index is 0.602. The summed E-state index contributed by atoms with van der Waals surface area (Å²) in [6.45, 7) is 2.28. The molecule has 2 heteroatoms. The average molecular weight is 114 g/mol. The van der Waals surface area contributed by atoms with Crippen LogP contribution in [0, 0.1) is 5.92 Å². The molecule has 0 amide bonds. The molecular formula is C6H14N2. The van der Waals surface area contributed by atoms with Crippen molar-refractivity contribution in [3.63, 3.8) is 0 Å². The van der Waals surface area contributed by atoms with Gasteiger partial charge < -0.3 is 0 Å². The van der Waals surface area contributed by atoms with Crippen molar-refractivity contribution in [2.75, 3.05) is 0 Å². The van der Waals surface area contributed by atoms with Crippen LogP contribution in [0.2, 0.25) is 0 Å². The standard InChI is InChI=1S/C6H14N2/c1-5-2-3-6(4-5)8-7/h5-6,8H,2-4,7H2,1H3/t5-,6?/m1/s1. The van der Waals surface area contributed by atoms with Crippen LogP contribution in [0.25, 0.3) is 0 Å². The first-order valence-electron chi connectivity index (χ1n) is 3.29. The Bertz CT molecular complexity index is 72.9. The van der Waals surface area contributed by atoms with Gasteiger partial charge in [0, 0.05) is 6.04 Å². The Kier molecular flexibility index (Phi) is 1.86. The molecule has 1 rings (SSSR count). The summed E-state index contributed by atoms with van der Waals surface area (Å²) in [6, 6.07) is 0.602. The van der Waals surface area contributed by atoms with E-state index >= 15 is 0 Å². The van der Waals surface area contributed by atoms with Crippen molar-refractivity contribution in [3.05, 3.63) is 0 Å². The number of nitrogens with one attached hydrogen (secondary N) is 1. The molecule has 1 fully saturated rings. The quantitative estimate of drug-likeness (QED) is 0.388. The van der Waals surface area contributed by atoms with Crippen LogP contribution in [0.5, 0.6) is 0 Å². The van der Waals surface area contributed by atoms with Gasteiger partial charge in [0.25, 0.3) is 0 Å². The van der Waals surface area contributed by atoms with Gasteiger partial charge in [-0.2, -0.15) is 0 Å². The van der Waals surface area contributed by atoms with Crippen LogP contribution in [0.3, 0.4) is 0 Å². The van der Waals surface area contributed by atoms with Crippen LogP contribution in [-0.2, 0) is 0 Å². The number of hydrogen-bond acceptors (Lipinski definition) is 2. The Morgan fingerprint density at radius 2 is 2.25 bits per heavy atom. The lowest BCUT2D eigenvalue weighted by atomic mass is 10.1. The summed E-state index contributed by atoms with van der Waals surface area (Å²) in [5.41, 5.74) is 2.79. The molecule has 0 aromatic heterocycles. The summed E-state index contributed by atoms with van der Waals surface area (Å²) in [4.78, 5) is 0. The summed E-state index contributed by atoms with van der Waals surface area (Å²) < 4.78 is 0. The van der Waals surface area contributed by atoms with Crippen molar-refractivity contribution in [2.45, 2.75) is 32.2 Å². The molecule has 1 aliphatic rings. The van der Waals surface area contributed by atoms with Gasteiger partial charge in [-0.1, -0.05) is 6.92 Å². The van der Waals surface area contributed by atoms with Crippen molar-refractivity contribution in [1.29, 1.82) is 0 Å². The maximum absolute atomic E-state index is 5.25. The van der Waals surface area contributed by atoms with Crippen LogP contribution in [0.15, 0.2) is 0 Å². The van der Waals surface area contributed by atoms with Crippen molar-refractivity contribution >= 4 is 0 Å². The van der Waals surface area contributed by atoms with Gasteiger partial charge in [-0.05, 0) is 25.2 Å². The first-order chi connectivity index (χ1) is 3.83. The van der Waals surface area contributed by atoms with E-state index in [0.717, 1.165) is 5.92 Å². The van der Waals surface area contributed by atoms with E-state index in [1.807, 2.05) is 0 Å². The summed E-state index contributed by atoms with van der Waals surface area (Å²) >= 11 is 0. The Balaban J connectivity index is 2.22. The predicted octanol–water partition coefficient (Wildman–Crippen LogP) is 0.638. The Hall–Kier alpha value is -0.0800. The molecule has 0 spiro atoms. The molecule has 1 aliphatic carbocycles. The second kappa shape index (κ2) is 2.46. The highest BCUT2D eigenvalue weighted by Crippen LogP contribution is 2.23. The lowest BCUT2D eigenvalue weighted by Gasteiger charge is -2.04.